The van der Waals surface area contributed by atoms with Crippen molar-refractivity contribution in [2.75, 3.05) is 29.7 Å². The Balaban J connectivity index is 2.02. The maximum atomic E-state index is 4.52. The lowest BCUT2D eigenvalue weighted by molar-refractivity contribution is 0.350. The van der Waals surface area contributed by atoms with E-state index in [1.807, 2.05) is 6.34 Å². The fourth-order valence-electron chi connectivity index (χ4n) is 2.74. The Morgan fingerprint density at radius 2 is 1.73 bits per heavy atom. The fourth-order valence-corrected chi connectivity index (χ4v) is 2.74. The van der Waals surface area contributed by atoms with E-state index in [2.05, 4.69) is 71.9 Å². The second kappa shape index (κ2) is 8.06. The van der Waals surface area contributed by atoms with Crippen LogP contribution < -0.4 is 9.91 Å². The third kappa shape index (κ3) is 3.93. The van der Waals surface area contributed by atoms with Crippen molar-refractivity contribution < 1.29 is 0 Å². The van der Waals surface area contributed by atoms with Gasteiger partial charge in [-0.3, -0.25) is 0 Å². The Morgan fingerprint density at radius 1 is 1.09 bits per heavy atom. The molecule has 1 unspecified atom stereocenters. The van der Waals surface area contributed by atoms with Crippen molar-refractivity contribution in [1.29, 1.82) is 0 Å². The normalized spacial score (nSPS) is 15.5. The van der Waals surface area contributed by atoms with Crippen LogP contribution in [0.1, 0.15) is 47.0 Å². The molecule has 0 amide bonds. The zero-order valence-corrected chi connectivity index (χ0v) is 14.5. The molecule has 1 aliphatic rings. The maximum Gasteiger partial charge on any atom is 0.113 e. The van der Waals surface area contributed by atoms with Gasteiger partial charge < -0.3 is 9.80 Å². The molecule has 0 radical (unpaired) electrons. The molecule has 0 fully saturated rings. The van der Waals surface area contributed by atoms with Crippen LogP contribution in [-0.4, -0.2) is 37.0 Å². The molecule has 4 heteroatoms. The summed E-state index contributed by atoms with van der Waals surface area (Å²) in [5.74, 6) is 0. The summed E-state index contributed by atoms with van der Waals surface area (Å²) in [5.41, 5.74) is 2.48. The van der Waals surface area contributed by atoms with E-state index >= 15 is 0 Å². The lowest BCUT2D eigenvalue weighted by atomic mass is 10.2. The van der Waals surface area contributed by atoms with Crippen LogP contribution in [0.3, 0.4) is 0 Å². The number of hydrazone groups is 1. The number of anilines is 2. The largest absolute Gasteiger partial charge is 0.372 e. The molecule has 0 N–H and O–H groups in total. The van der Waals surface area contributed by atoms with Crippen molar-refractivity contribution in [3.8, 4) is 0 Å². The molecule has 122 valence electrons. The van der Waals surface area contributed by atoms with Crippen molar-refractivity contribution >= 4 is 17.7 Å². The molecule has 4 nitrogen and oxygen atoms in total. The van der Waals surface area contributed by atoms with E-state index in [-0.39, 0.29) is 0 Å². The molecule has 1 atom stereocenters. The van der Waals surface area contributed by atoms with Crippen LogP contribution in [-0.2, 0) is 0 Å². The highest BCUT2D eigenvalue weighted by Gasteiger charge is 2.19. The standard InChI is InChI=1S/C18H30N4/c1-5-12-20(13-6-2)17-8-10-18(11-9-17)22-15-21(14-19-22)16(4)7-3/h8-11,14,16H,5-7,12-13,15H2,1-4H3. The topological polar surface area (TPSA) is 22.1 Å². The Morgan fingerprint density at radius 3 is 2.27 bits per heavy atom. The highest BCUT2D eigenvalue weighted by molar-refractivity contribution is 5.64. The van der Waals surface area contributed by atoms with Crippen LogP contribution >= 0.6 is 0 Å². The minimum absolute atomic E-state index is 0.539. The van der Waals surface area contributed by atoms with Crippen LogP contribution in [0, 0.1) is 0 Å². The van der Waals surface area contributed by atoms with E-state index in [0.717, 1.165) is 26.2 Å². The first kappa shape index (κ1) is 16.7. The monoisotopic (exact) mass is 302 g/mol. The minimum Gasteiger partial charge on any atom is -0.372 e. The lowest BCUT2D eigenvalue weighted by Crippen LogP contribution is -2.33. The average molecular weight is 302 g/mol. The maximum absolute atomic E-state index is 4.52. The molecule has 2 rings (SSSR count). The van der Waals surface area contributed by atoms with Crippen LogP contribution in [0.15, 0.2) is 29.4 Å². The molecule has 1 aromatic carbocycles. The van der Waals surface area contributed by atoms with Gasteiger partial charge in [0.2, 0.25) is 0 Å². The molecule has 0 saturated carbocycles. The van der Waals surface area contributed by atoms with E-state index in [1.54, 1.807) is 0 Å². The lowest BCUT2D eigenvalue weighted by Gasteiger charge is -2.26. The molecule has 0 aliphatic carbocycles. The summed E-state index contributed by atoms with van der Waals surface area (Å²) in [7, 11) is 0. The summed E-state index contributed by atoms with van der Waals surface area (Å²) in [6.07, 6.45) is 5.47. The molecule has 22 heavy (non-hydrogen) atoms. The Bertz CT molecular complexity index is 462. The molecular weight excluding hydrogens is 272 g/mol. The van der Waals surface area contributed by atoms with Crippen molar-refractivity contribution in [3.63, 3.8) is 0 Å². The number of hydrogen-bond acceptors (Lipinski definition) is 4. The zero-order chi connectivity index (χ0) is 15.9. The smallest absolute Gasteiger partial charge is 0.113 e. The van der Waals surface area contributed by atoms with E-state index in [0.29, 0.717) is 6.04 Å². The molecule has 0 spiro atoms. The number of hydrogen-bond donors (Lipinski definition) is 0. The second-order valence-corrected chi connectivity index (χ2v) is 6.05. The second-order valence-electron chi connectivity index (χ2n) is 6.05. The van der Waals surface area contributed by atoms with Gasteiger partial charge in [-0.15, -0.1) is 0 Å². The van der Waals surface area contributed by atoms with E-state index in [9.17, 15) is 0 Å². The summed E-state index contributed by atoms with van der Waals surface area (Å²) in [6.45, 7) is 12.0. The van der Waals surface area contributed by atoms with Gasteiger partial charge in [-0.2, -0.15) is 5.10 Å². The highest BCUT2D eigenvalue weighted by Crippen LogP contribution is 2.23. The van der Waals surface area contributed by atoms with Crippen molar-refractivity contribution in [1.82, 2.24) is 4.90 Å². The molecule has 0 aromatic heterocycles. The molecular formula is C18H30N4. The van der Waals surface area contributed by atoms with Gasteiger partial charge in [0.05, 0.1) is 5.69 Å². The van der Waals surface area contributed by atoms with Crippen molar-refractivity contribution in [2.24, 2.45) is 5.10 Å². The SMILES string of the molecule is CCCN(CCC)c1ccc(N2CN(C(C)CC)C=N2)cc1. The summed E-state index contributed by atoms with van der Waals surface area (Å²) in [4.78, 5) is 4.75. The van der Waals surface area contributed by atoms with E-state index < -0.39 is 0 Å². The number of benzene rings is 1. The third-order valence-corrected chi connectivity index (χ3v) is 4.29. The molecule has 1 aliphatic heterocycles. The van der Waals surface area contributed by atoms with Crippen LogP contribution in [0.5, 0.6) is 0 Å². The van der Waals surface area contributed by atoms with Crippen molar-refractivity contribution in [2.45, 2.75) is 53.0 Å². The van der Waals surface area contributed by atoms with Crippen molar-refractivity contribution in [3.05, 3.63) is 24.3 Å². The van der Waals surface area contributed by atoms with E-state index in [1.165, 1.54) is 24.2 Å². The van der Waals surface area contributed by atoms with Crippen LogP contribution in [0.2, 0.25) is 0 Å². The molecule has 0 bridgehead atoms. The summed E-state index contributed by atoms with van der Waals surface area (Å²) < 4.78 is 0. The predicted octanol–water partition coefficient (Wildman–Crippen LogP) is 4.13. The van der Waals surface area contributed by atoms with Gasteiger partial charge >= 0.3 is 0 Å². The predicted molar refractivity (Wildman–Crippen MR) is 96.7 cm³/mol. The van der Waals surface area contributed by atoms with Crippen LogP contribution in [0.4, 0.5) is 11.4 Å². The molecule has 1 aromatic rings. The summed E-state index contributed by atoms with van der Waals surface area (Å²) in [6, 6.07) is 9.36. The first-order chi connectivity index (χ1) is 10.7. The molecule has 1 heterocycles. The number of rotatable bonds is 8. The first-order valence-corrected chi connectivity index (χ1v) is 8.62. The van der Waals surface area contributed by atoms with Gasteiger partial charge in [0.1, 0.15) is 13.0 Å². The Hall–Kier alpha value is -1.71. The van der Waals surface area contributed by atoms with Gasteiger partial charge in [0.15, 0.2) is 0 Å². The first-order valence-electron chi connectivity index (χ1n) is 8.62. The average Bonchev–Trinajstić information content (AvgIpc) is 3.04. The highest BCUT2D eigenvalue weighted by atomic mass is 15.6. The van der Waals surface area contributed by atoms with E-state index in [4.69, 9.17) is 0 Å². The summed E-state index contributed by atoms with van der Waals surface area (Å²) in [5, 5.41) is 6.59. The minimum atomic E-state index is 0.539. The Kier molecular flexibility index (Phi) is 6.10. The van der Waals surface area contributed by atoms with Crippen LogP contribution in [0.25, 0.3) is 0 Å². The Labute approximate surface area is 135 Å². The number of nitrogens with zero attached hydrogens (tertiary/aromatic N) is 4. The van der Waals surface area contributed by atoms with Gasteiger partial charge in [0.25, 0.3) is 0 Å². The van der Waals surface area contributed by atoms with Gasteiger partial charge in [-0.1, -0.05) is 20.8 Å². The molecule has 0 saturated heterocycles. The van der Waals surface area contributed by atoms with Gasteiger partial charge in [-0.25, -0.2) is 5.01 Å². The van der Waals surface area contributed by atoms with Gasteiger partial charge in [0, 0.05) is 24.8 Å². The summed E-state index contributed by atoms with van der Waals surface area (Å²) >= 11 is 0. The zero-order valence-electron chi connectivity index (χ0n) is 14.5. The quantitative estimate of drug-likeness (QED) is 0.720. The van der Waals surface area contributed by atoms with Gasteiger partial charge in [-0.05, 0) is 50.5 Å². The fraction of sp³-hybridized carbons (Fsp3) is 0.611. The third-order valence-electron chi connectivity index (χ3n) is 4.29.